The Bertz CT molecular complexity index is 1400. The van der Waals surface area contributed by atoms with Crippen LogP contribution >= 0.6 is 23.2 Å². The summed E-state index contributed by atoms with van der Waals surface area (Å²) in [5, 5.41) is 10.9. The van der Waals surface area contributed by atoms with Crippen LogP contribution < -0.4 is 9.47 Å². The predicted octanol–water partition coefficient (Wildman–Crippen LogP) is 7.53. The number of allylic oxidation sites excluding steroid dienone is 1. The summed E-state index contributed by atoms with van der Waals surface area (Å²) < 4.78 is 11.8. The van der Waals surface area contributed by atoms with E-state index in [0.29, 0.717) is 39.5 Å². The fourth-order valence-electron chi connectivity index (χ4n) is 3.51. The van der Waals surface area contributed by atoms with Gasteiger partial charge in [0.25, 0.3) is 0 Å². The summed E-state index contributed by atoms with van der Waals surface area (Å²) in [6.07, 6.45) is 1.78. The first kappa shape index (κ1) is 23.7. The second-order valence-corrected chi connectivity index (χ2v) is 8.72. The van der Waals surface area contributed by atoms with Crippen molar-refractivity contribution in [2.45, 2.75) is 27.4 Å². The zero-order valence-electron chi connectivity index (χ0n) is 19.1. The minimum Gasteiger partial charge on any atom is -0.490 e. The van der Waals surface area contributed by atoms with Crippen molar-refractivity contribution in [2.24, 2.45) is 0 Å². The van der Waals surface area contributed by atoms with Crippen LogP contribution in [0.4, 0.5) is 0 Å². The van der Waals surface area contributed by atoms with Crippen molar-refractivity contribution in [1.29, 1.82) is 5.26 Å². The van der Waals surface area contributed by atoms with Crippen LogP contribution in [0.5, 0.6) is 11.5 Å². The monoisotopic (exact) mass is 491 g/mol. The maximum atomic E-state index is 9.80. The van der Waals surface area contributed by atoms with E-state index in [9.17, 15) is 5.26 Å². The SMILES string of the molecule is CCOc1cc(C=C(C#N)c2nc3cc(C)c(C)cc3[nH]2)ccc1OCc1ccc(Cl)cc1Cl. The Hall–Kier alpha value is -3.46. The fourth-order valence-corrected chi connectivity index (χ4v) is 3.98. The molecule has 0 saturated heterocycles. The number of ether oxygens (including phenoxy) is 2. The second-order valence-electron chi connectivity index (χ2n) is 7.87. The van der Waals surface area contributed by atoms with Gasteiger partial charge in [-0.15, -0.1) is 0 Å². The van der Waals surface area contributed by atoms with Gasteiger partial charge < -0.3 is 14.5 Å². The molecule has 0 atom stereocenters. The van der Waals surface area contributed by atoms with Crippen LogP contribution in [0.2, 0.25) is 10.0 Å². The van der Waals surface area contributed by atoms with Crippen LogP contribution in [0.1, 0.15) is 35.0 Å². The third-order valence-corrected chi connectivity index (χ3v) is 6.04. The average molecular weight is 492 g/mol. The Morgan fingerprint density at radius 3 is 2.56 bits per heavy atom. The van der Waals surface area contributed by atoms with Gasteiger partial charge in [-0.3, -0.25) is 0 Å². The largest absolute Gasteiger partial charge is 0.490 e. The molecule has 0 saturated carbocycles. The van der Waals surface area contributed by atoms with E-state index in [1.165, 1.54) is 5.56 Å². The van der Waals surface area contributed by atoms with Crippen molar-refractivity contribution in [3.8, 4) is 17.6 Å². The van der Waals surface area contributed by atoms with Crippen LogP contribution in [0.3, 0.4) is 0 Å². The highest BCUT2D eigenvalue weighted by molar-refractivity contribution is 6.35. The molecule has 5 nitrogen and oxygen atoms in total. The molecule has 0 unspecified atom stereocenters. The molecule has 0 aliphatic heterocycles. The molecule has 3 aromatic carbocycles. The van der Waals surface area contributed by atoms with E-state index in [1.54, 1.807) is 18.2 Å². The van der Waals surface area contributed by atoms with Gasteiger partial charge in [0.05, 0.1) is 23.2 Å². The van der Waals surface area contributed by atoms with Gasteiger partial charge in [-0.2, -0.15) is 5.26 Å². The van der Waals surface area contributed by atoms with Gasteiger partial charge in [0.1, 0.15) is 18.5 Å². The number of benzene rings is 3. The van der Waals surface area contributed by atoms with Gasteiger partial charge in [-0.05, 0) is 79.9 Å². The number of imidazole rings is 1. The third kappa shape index (κ3) is 5.20. The number of aromatic amines is 1. The standard InChI is InChI=1S/C27H23Cl2N3O2/c1-4-33-26-12-18(5-8-25(26)34-15-19-6-7-21(28)13-22(19)29)11-20(14-30)27-31-23-9-16(2)17(3)10-24(23)32-27/h5-13H,4,15H2,1-3H3,(H,31,32). The summed E-state index contributed by atoms with van der Waals surface area (Å²) in [5.41, 5.74) is 6.10. The third-order valence-electron chi connectivity index (χ3n) is 5.45. The molecule has 4 aromatic rings. The van der Waals surface area contributed by atoms with Gasteiger partial charge in [-0.1, -0.05) is 35.3 Å². The molecule has 1 N–H and O–H groups in total. The van der Waals surface area contributed by atoms with E-state index in [2.05, 4.69) is 23.0 Å². The fraction of sp³-hybridized carbons (Fsp3) is 0.185. The van der Waals surface area contributed by atoms with Crippen LogP contribution in [-0.2, 0) is 6.61 Å². The number of aryl methyl sites for hydroxylation is 2. The van der Waals surface area contributed by atoms with E-state index in [-0.39, 0.29) is 6.61 Å². The average Bonchev–Trinajstić information content (AvgIpc) is 3.20. The molecule has 0 spiro atoms. The number of rotatable bonds is 7. The van der Waals surface area contributed by atoms with E-state index in [0.717, 1.165) is 27.7 Å². The molecule has 0 aliphatic carbocycles. The highest BCUT2D eigenvalue weighted by atomic mass is 35.5. The highest BCUT2D eigenvalue weighted by Crippen LogP contribution is 2.32. The molecule has 0 fully saturated rings. The van der Waals surface area contributed by atoms with Gasteiger partial charge in [0.15, 0.2) is 11.5 Å². The normalized spacial score (nSPS) is 11.5. The molecule has 4 rings (SSSR count). The van der Waals surface area contributed by atoms with Gasteiger partial charge in [-0.25, -0.2) is 4.98 Å². The van der Waals surface area contributed by atoms with Crippen LogP contribution in [-0.4, -0.2) is 16.6 Å². The Balaban J connectivity index is 1.62. The molecule has 1 heterocycles. The molecule has 1 aromatic heterocycles. The first-order valence-corrected chi connectivity index (χ1v) is 11.6. The van der Waals surface area contributed by atoms with E-state index in [4.69, 9.17) is 32.7 Å². The lowest BCUT2D eigenvalue weighted by molar-refractivity contribution is 0.269. The molecule has 0 aliphatic rings. The second kappa shape index (κ2) is 10.2. The number of hydrogen-bond acceptors (Lipinski definition) is 4. The lowest BCUT2D eigenvalue weighted by Gasteiger charge is -2.13. The highest BCUT2D eigenvalue weighted by Gasteiger charge is 2.12. The Morgan fingerprint density at radius 1 is 1.03 bits per heavy atom. The number of halogens is 2. The maximum Gasteiger partial charge on any atom is 0.161 e. The summed E-state index contributed by atoms with van der Waals surface area (Å²) in [6, 6.07) is 17.1. The molecule has 0 radical (unpaired) electrons. The van der Waals surface area contributed by atoms with Crippen molar-refractivity contribution in [3.05, 3.63) is 86.7 Å². The number of nitrogens with zero attached hydrogens (tertiary/aromatic N) is 2. The summed E-state index contributed by atoms with van der Waals surface area (Å²) in [5.74, 6) is 1.69. The van der Waals surface area contributed by atoms with E-state index >= 15 is 0 Å². The topological polar surface area (TPSA) is 70.9 Å². The number of nitriles is 1. The quantitative estimate of drug-likeness (QED) is 0.271. The Kier molecular flexibility index (Phi) is 7.12. The van der Waals surface area contributed by atoms with E-state index in [1.807, 2.05) is 50.2 Å². The molecule has 7 heteroatoms. The molecule has 172 valence electrons. The zero-order valence-corrected chi connectivity index (χ0v) is 20.6. The molecule has 0 bridgehead atoms. The van der Waals surface area contributed by atoms with Crippen molar-refractivity contribution in [1.82, 2.24) is 9.97 Å². The number of H-pyrrole nitrogens is 1. The van der Waals surface area contributed by atoms with Gasteiger partial charge >= 0.3 is 0 Å². The summed E-state index contributed by atoms with van der Waals surface area (Å²) in [6.45, 7) is 6.74. The zero-order chi connectivity index (χ0) is 24.2. The summed E-state index contributed by atoms with van der Waals surface area (Å²) in [7, 11) is 0. The minimum absolute atomic E-state index is 0.270. The number of aromatic nitrogens is 2. The lowest BCUT2D eigenvalue weighted by atomic mass is 10.1. The van der Waals surface area contributed by atoms with Crippen LogP contribution in [0, 0.1) is 25.2 Å². The first-order valence-electron chi connectivity index (χ1n) is 10.8. The smallest absolute Gasteiger partial charge is 0.161 e. The van der Waals surface area contributed by atoms with Gasteiger partial charge in [0.2, 0.25) is 0 Å². The summed E-state index contributed by atoms with van der Waals surface area (Å²) in [4.78, 5) is 7.87. The molecule has 0 amide bonds. The number of fused-ring (bicyclic) bond motifs is 1. The Labute approximate surface area is 208 Å². The van der Waals surface area contributed by atoms with Crippen LogP contribution in [0.25, 0.3) is 22.7 Å². The van der Waals surface area contributed by atoms with Crippen molar-refractivity contribution in [3.63, 3.8) is 0 Å². The van der Waals surface area contributed by atoms with E-state index < -0.39 is 0 Å². The first-order chi connectivity index (χ1) is 16.4. The van der Waals surface area contributed by atoms with Crippen LogP contribution in [0.15, 0.2) is 48.5 Å². The molecular weight excluding hydrogens is 469 g/mol. The molecular formula is C27H23Cl2N3O2. The number of hydrogen-bond donors (Lipinski definition) is 1. The lowest BCUT2D eigenvalue weighted by Crippen LogP contribution is -2.00. The summed E-state index contributed by atoms with van der Waals surface area (Å²) >= 11 is 12.2. The maximum absolute atomic E-state index is 9.80. The van der Waals surface area contributed by atoms with Gasteiger partial charge in [0, 0.05) is 15.6 Å². The Morgan fingerprint density at radius 2 is 1.82 bits per heavy atom. The van der Waals surface area contributed by atoms with Crippen molar-refractivity contribution >= 4 is 45.9 Å². The predicted molar refractivity (Wildman–Crippen MR) is 137 cm³/mol. The molecule has 34 heavy (non-hydrogen) atoms. The van der Waals surface area contributed by atoms with Crippen molar-refractivity contribution in [2.75, 3.05) is 6.61 Å². The van der Waals surface area contributed by atoms with Crippen molar-refractivity contribution < 1.29 is 9.47 Å². The minimum atomic E-state index is 0.270. The number of nitrogens with one attached hydrogen (secondary N) is 1.